The highest BCUT2D eigenvalue weighted by Crippen LogP contribution is 2.16. The maximum absolute atomic E-state index is 12.1. The SMILES string of the molecule is COC(N)C(=O)c1ccccc1COc1ccccc1. The van der Waals surface area contributed by atoms with E-state index in [0.717, 1.165) is 11.3 Å². The first-order valence-corrected chi connectivity index (χ1v) is 6.30. The Bertz CT molecular complexity index is 569. The monoisotopic (exact) mass is 271 g/mol. The maximum Gasteiger partial charge on any atom is 0.206 e. The number of benzene rings is 2. The average Bonchev–Trinajstić information content (AvgIpc) is 2.52. The Morgan fingerprint density at radius 3 is 2.45 bits per heavy atom. The van der Waals surface area contributed by atoms with Crippen LogP contribution in [-0.4, -0.2) is 19.1 Å². The molecule has 0 radical (unpaired) electrons. The minimum atomic E-state index is -0.951. The zero-order chi connectivity index (χ0) is 14.4. The number of methoxy groups -OCH3 is 1. The molecule has 0 fully saturated rings. The fourth-order valence-corrected chi connectivity index (χ4v) is 1.82. The smallest absolute Gasteiger partial charge is 0.206 e. The van der Waals surface area contributed by atoms with E-state index in [2.05, 4.69) is 0 Å². The molecule has 0 saturated heterocycles. The molecule has 0 heterocycles. The average molecular weight is 271 g/mol. The van der Waals surface area contributed by atoms with Gasteiger partial charge in [-0.1, -0.05) is 42.5 Å². The van der Waals surface area contributed by atoms with Gasteiger partial charge in [-0.2, -0.15) is 0 Å². The molecular weight excluding hydrogens is 254 g/mol. The second-order valence-corrected chi connectivity index (χ2v) is 4.28. The van der Waals surface area contributed by atoms with Crippen molar-refractivity contribution in [1.82, 2.24) is 0 Å². The van der Waals surface area contributed by atoms with E-state index in [9.17, 15) is 4.79 Å². The molecule has 4 heteroatoms. The fourth-order valence-electron chi connectivity index (χ4n) is 1.82. The van der Waals surface area contributed by atoms with E-state index in [1.807, 2.05) is 42.5 Å². The van der Waals surface area contributed by atoms with Crippen molar-refractivity contribution >= 4 is 5.78 Å². The Morgan fingerprint density at radius 1 is 1.10 bits per heavy atom. The quantitative estimate of drug-likeness (QED) is 0.647. The molecule has 0 bridgehead atoms. The molecule has 4 nitrogen and oxygen atoms in total. The van der Waals surface area contributed by atoms with E-state index in [4.69, 9.17) is 15.2 Å². The van der Waals surface area contributed by atoms with Gasteiger partial charge in [0.1, 0.15) is 12.4 Å². The Hall–Kier alpha value is -2.17. The number of nitrogens with two attached hydrogens (primary N) is 1. The molecule has 0 amide bonds. The Kier molecular flexibility index (Phi) is 4.87. The number of carbonyl (C=O) groups excluding carboxylic acids is 1. The first kappa shape index (κ1) is 14.2. The number of hydrogen-bond donors (Lipinski definition) is 1. The molecule has 104 valence electrons. The van der Waals surface area contributed by atoms with Gasteiger partial charge in [-0.15, -0.1) is 0 Å². The highest BCUT2D eigenvalue weighted by atomic mass is 16.5. The van der Waals surface area contributed by atoms with Gasteiger partial charge in [-0.3, -0.25) is 10.5 Å². The predicted molar refractivity (Wildman–Crippen MR) is 76.5 cm³/mol. The van der Waals surface area contributed by atoms with Crippen LogP contribution in [-0.2, 0) is 11.3 Å². The molecule has 2 aromatic carbocycles. The van der Waals surface area contributed by atoms with Crippen molar-refractivity contribution in [2.24, 2.45) is 5.73 Å². The normalized spacial score (nSPS) is 11.9. The van der Waals surface area contributed by atoms with Crippen molar-refractivity contribution in [3.8, 4) is 5.75 Å². The van der Waals surface area contributed by atoms with E-state index < -0.39 is 6.23 Å². The van der Waals surface area contributed by atoms with Gasteiger partial charge < -0.3 is 9.47 Å². The zero-order valence-electron chi connectivity index (χ0n) is 11.3. The van der Waals surface area contributed by atoms with Crippen LogP contribution in [0.4, 0.5) is 0 Å². The van der Waals surface area contributed by atoms with Crippen LogP contribution in [0.2, 0.25) is 0 Å². The minimum Gasteiger partial charge on any atom is -0.489 e. The summed E-state index contributed by atoms with van der Waals surface area (Å²) in [4.78, 5) is 12.1. The van der Waals surface area contributed by atoms with Crippen LogP contribution < -0.4 is 10.5 Å². The summed E-state index contributed by atoms with van der Waals surface area (Å²) >= 11 is 0. The summed E-state index contributed by atoms with van der Waals surface area (Å²) in [5.74, 6) is 0.505. The van der Waals surface area contributed by atoms with Crippen molar-refractivity contribution in [1.29, 1.82) is 0 Å². The molecule has 2 N–H and O–H groups in total. The predicted octanol–water partition coefficient (Wildman–Crippen LogP) is 2.38. The summed E-state index contributed by atoms with van der Waals surface area (Å²) in [6, 6.07) is 16.7. The highest BCUT2D eigenvalue weighted by Gasteiger charge is 2.18. The first-order valence-electron chi connectivity index (χ1n) is 6.30. The topological polar surface area (TPSA) is 61.5 Å². The molecule has 1 unspecified atom stereocenters. The van der Waals surface area contributed by atoms with Crippen LogP contribution in [0, 0.1) is 0 Å². The number of para-hydroxylation sites is 1. The van der Waals surface area contributed by atoms with Gasteiger partial charge >= 0.3 is 0 Å². The molecule has 1 atom stereocenters. The standard InChI is InChI=1S/C16H17NO3/c1-19-16(17)15(18)14-10-6-5-7-12(14)11-20-13-8-3-2-4-9-13/h2-10,16H,11,17H2,1H3. The van der Waals surface area contributed by atoms with Crippen molar-refractivity contribution in [3.05, 3.63) is 65.7 Å². The highest BCUT2D eigenvalue weighted by molar-refractivity contribution is 6.00. The third kappa shape index (κ3) is 3.44. The number of Topliss-reactive ketones (excluding diaryl/α,β-unsaturated/α-hetero) is 1. The molecule has 0 aromatic heterocycles. The van der Waals surface area contributed by atoms with Crippen molar-refractivity contribution in [2.75, 3.05) is 7.11 Å². The number of ether oxygens (including phenoxy) is 2. The van der Waals surface area contributed by atoms with E-state index in [-0.39, 0.29) is 5.78 Å². The second kappa shape index (κ2) is 6.84. The van der Waals surface area contributed by atoms with Gasteiger partial charge in [0.2, 0.25) is 5.78 Å². The number of hydrogen-bond acceptors (Lipinski definition) is 4. The largest absolute Gasteiger partial charge is 0.489 e. The summed E-state index contributed by atoms with van der Waals surface area (Å²) in [7, 11) is 1.41. The fraction of sp³-hybridized carbons (Fsp3) is 0.188. The number of carbonyl (C=O) groups is 1. The third-order valence-corrected chi connectivity index (χ3v) is 2.93. The van der Waals surface area contributed by atoms with E-state index in [1.165, 1.54) is 7.11 Å². The van der Waals surface area contributed by atoms with Gasteiger partial charge in [0.05, 0.1) is 0 Å². The molecule has 2 aromatic rings. The lowest BCUT2D eigenvalue weighted by Gasteiger charge is -2.13. The lowest BCUT2D eigenvalue weighted by Crippen LogP contribution is -2.32. The summed E-state index contributed by atoms with van der Waals surface area (Å²) in [6.07, 6.45) is -0.951. The van der Waals surface area contributed by atoms with E-state index >= 15 is 0 Å². The van der Waals surface area contributed by atoms with Gasteiger partial charge in [-0.05, 0) is 12.1 Å². The number of rotatable bonds is 6. The zero-order valence-corrected chi connectivity index (χ0v) is 11.3. The van der Waals surface area contributed by atoms with Crippen molar-refractivity contribution in [2.45, 2.75) is 12.8 Å². The number of ketones is 1. The summed E-state index contributed by atoms with van der Waals surface area (Å²) < 4.78 is 10.5. The first-order chi connectivity index (χ1) is 9.72. The van der Waals surface area contributed by atoms with Gasteiger partial charge in [0.15, 0.2) is 6.23 Å². The van der Waals surface area contributed by atoms with Crippen LogP contribution in [0.15, 0.2) is 54.6 Å². The maximum atomic E-state index is 12.1. The second-order valence-electron chi connectivity index (χ2n) is 4.28. The molecular formula is C16H17NO3. The van der Waals surface area contributed by atoms with Crippen LogP contribution in [0.3, 0.4) is 0 Å². The molecule has 2 rings (SSSR count). The lowest BCUT2D eigenvalue weighted by molar-refractivity contribution is 0.0621. The summed E-state index contributed by atoms with van der Waals surface area (Å²) in [5.41, 5.74) is 6.92. The molecule has 0 aliphatic heterocycles. The molecule has 0 spiro atoms. The summed E-state index contributed by atoms with van der Waals surface area (Å²) in [5, 5.41) is 0. The van der Waals surface area contributed by atoms with Crippen LogP contribution in [0.1, 0.15) is 15.9 Å². The molecule has 0 saturated carbocycles. The van der Waals surface area contributed by atoms with E-state index in [1.54, 1.807) is 12.1 Å². The third-order valence-electron chi connectivity index (χ3n) is 2.93. The van der Waals surface area contributed by atoms with Crippen molar-refractivity contribution < 1.29 is 14.3 Å². The van der Waals surface area contributed by atoms with Crippen LogP contribution in [0.5, 0.6) is 5.75 Å². The Balaban J connectivity index is 2.14. The molecule has 20 heavy (non-hydrogen) atoms. The van der Waals surface area contributed by atoms with Crippen LogP contribution >= 0.6 is 0 Å². The Labute approximate surface area is 118 Å². The van der Waals surface area contributed by atoms with Gasteiger partial charge in [-0.25, -0.2) is 0 Å². The van der Waals surface area contributed by atoms with Crippen LogP contribution in [0.25, 0.3) is 0 Å². The van der Waals surface area contributed by atoms with Gasteiger partial charge in [0.25, 0.3) is 0 Å². The van der Waals surface area contributed by atoms with E-state index in [0.29, 0.717) is 12.2 Å². The van der Waals surface area contributed by atoms with Gasteiger partial charge in [0, 0.05) is 18.2 Å². The summed E-state index contributed by atoms with van der Waals surface area (Å²) in [6.45, 7) is 0.308. The minimum absolute atomic E-state index is 0.250. The molecule has 0 aliphatic rings. The Morgan fingerprint density at radius 2 is 1.75 bits per heavy atom. The molecule has 0 aliphatic carbocycles. The van der Waals surface area contributed by atoms with Crippen molar-refractivity contribution in [3.63, 3.8) is 0 Å². The lowest BCUT2D eigenvalue weighted by atomic mass is 10.0.